The molecule has 0 saturated carbocycles. The third kappa shape index (κ3) is 1.87. The molecule has 1 aliphatic carbocycles. The van der Waals surface area contributed by atoms with E-state index in [-0.39, 0.29) is 5.78 Å². The summed E-state index contributed by atoms with van der Waals surface area (Å²) in [5, 5.41) is 0. The monoisotopic (exact) mass is 191 g/mol. The first-order chi connectivity index (χ1) is 6.75. The van der Waals surface area contributed by atoms with Gasteiger partial charge in [0.05, 0.1) is 12.8 Å². The van der Waals surface area contributed by atoms with Crippen molar-refractivity contribution in [3.8, 4) is 0 Å². The molecule has 0 amide bonds. The molecule has 0 saturated heterocycles. The van der Waals surface area contributed by atoms with Crippen molar-refractivity contribution in [1.29, 1.82) is 0 Å². The summed E-state index contributed by atoms with van der Waals surface area (Å²) in [5.41, 5.74) is 1.10. The number of hydrogen-bond donors (Lipinski definition) is 0. The van der Waals surface area contributed by atoms with Crippen molar-refractivity contribution in [2.75, 3.05) is 7.05 Å². The zero-order valence-electron chi connectivity index (χ0n) is 8.19. The van der Waals surface area contributed by atoms with E-state index in [9.17, 15) is 4.79 Å². The van der Waals surface area contributed by atoms with Crippen LogP contribution < -0.4 is 0 Å². The Balaban J connectivity index is 1.99. The first-order valence-electron chi connectivity index (χ1n) is 4.72. The van der Waals surface area contributed by atoms with Crippen LogP contribution in [0, 0.1) is 0 Å². The van der Waals surface area contributed by atoms with Crippen molar-refractivity contribution >= 4 is 5.78 Å². The molecule has 0 aliphatic heterocycles. The third-order valence-electron chi connectivity index (χ3n) is 2.42. The number of ketones is 1. The number of nitrogens with zero attached hydrogens (tertiary/aromatic N) is 1. The van der Waals surface area contributed by atoms with Gasteiger partial charge in [0.1, 0.15) is 5.76 Å². The van der Waals surface area contributed by atoms with Crippen LogP contribution in [-0.2, 0) is 11.3 Å². The summed E-state index contributed by atoms with van der Waals surface area (Å²) in [6.07, 6.45) is 4.90. The van der Waals surface area contributed by atoms with Crippen LogP contribution in [0.1, 0.15) is 18.6 Å². The van der Waals surface area contributed by atoms with Crippen molar-refractivity contribution in [3.05, 3.63) is 35.9 Å². The molecule has 0 N–H and O–H groups in total. The fourth-order valence-electron chi connectivity index (χ4n) is 1.62. The van der Waals surface area contributed by atoms with E-state index in [0.29, 0.717) is 6.42 Å². The van der Waals surface area contributed by atoms with Crippen molar-refractivity contribution in [2.45, 2.75) is 19.4 Å². The molecule has 0 radical (unpaired) electrons. The van der Waals surface area contributed by atoms with Crippen LogP contribution in [0.25, 0.3) is 0 Å². The van der Waals surface area contributed by atoms with Crippen LogP contribution in [0.2, 0.25) is 0 Å². The van der Waals surface area contributed by atoms with E-state index in [1.165, 1.54) is 0 Å². The molecular formula is C11H13NO2. The highest BCUT2D eigenvalue weighted by molar-refractivity contribution is 5.92. The molecule has 74 valence electrons. The fourth-order valence-corrected chi connectivity index (χ4v) is 1.62. The van der Waals surface area contributed by atoms with Gasteiger partial charge in [0.15, 0.2) is 5.78 Å². The number of rotatable bonds is 3. The highest BCUT2D eigenvalue weighted by Crippen LogP contribution is 2.19. The Kier molecular flexibility index (Phi) is 2.39. The molecule has 0 atom stereocenters. The lowest BCUT2D eigenvalue weighted by Gasteiger charge is -2.18. The van der Waals surface area contributed by atoms with Crippen LogP contribution >= 0.6 is 0 Å². The molecule has 0 aromatic carbocycles. The first kappa shape index (κ1) is 9.06. The molecule has 1 heterocycles. The van der Waals surface area contributed by atoms with Crippen molar-refractivity contribution in [3.63, 3.8) is 0 Å². The topological polar surface area (TPSA) is 33.5 Å². The molecule has 14 heavy (non-hydrogen) atoms. The molecule has 2 rings (SSSR count). The first-order valence-corrected chi connectivity index (χ1v) is 4.72. The Hall–Kier alpha value is -1.51. The second-order valence-electron chi connectivity index (χ2n) is 3.54. The van der Waals surface area contributed by atoms with Crippen LogP contribution in [0.15, 0.2) is 34.6 Å². The summed E-state index contributed by atoms with van der Waals surface area (Å²) in [7, 11) is 1.98. The summed E-state index contributed by atoms with van der Waals surface area (Å²) in [5.74, 6) is 1.15. The smallest absolute Gasteiger partial charge is 0.157 e. The summed E-state index contributed by atoms with van der Waals surface area (Å²) in [4.78, 5) is 13.1. The Morgan fingerprint density at radius 3 is 2.93 bits per heavy atom. The zero-order valence-corrected chi connectivity index (χ0v) is 8.19. The van der Waals surface area contributed by atoms with Gasteiger partial charge in [-0.2, -0.15) is 0 Å². The minimum absolute atomic E-state index is 0.228. The van der Waals surface area contributed by atoms with Crippen molar-refractivity contribution in [1.82, 2.24) is 4.90 Å². The Bertz CT molecular complexity index is 351. The summed E-state index contributed by atoms with van der Waals surface area (Å²) in [6.45, 7) is 0.728. The van der Waals surface area contributed by atoms with Crippen LogP contribution in [-0.4, -0.2) is 17.7 Å². The molecular weight excluding hydrogens is 178 g/mol. The summed E-state index contributed by atoms with van der Waals surface area (Å²) in [6, 6.07) is 3.81. The van der Waals surface area contributed by atoms with E-state index < -0.39 is 0 Å². The lowest BCUT2D eigenvalue weighted by Crippen LogP contribution is -2.15. The summed E-state index contributed by atoms with van der Waals surface area (Å²) >= 11 is 0. The molecule has 0 spiro atoms. The molecule has 0 unspecified atom stereocenters. The van der Waals surface area contributed by atoms with E-state index >= 15 is 0 Å². The number of carbonyl (C=O) groups is 1. The lowest BCUT2D eigenvalue weighted by molar-refractivity contribution is -0.114. The summed E-state index contributed by atoms with van der Waals surface area (Å²) < 4.78 is 5.24. The highest BCUT2D eigenvalue weighted by Gasteiger charge is 2.15. The molecule has 0 fully saturated rings. The Labute approximate surface area is 83.0 Å². The largest absolute Gasteiger partial charge is 0.467 e. The van der Waals surface area contributed by atoms with Gasteiger partial charge in [0.2, 0.25) is 0 Å². The van der Waals surface area contributed by atoms with E-state index in [2.05, 4.69) is 4.90 Å². The van der Waals surface area contributed by atoms with Gasteiger partial charge < -0.3 is 9.32 Å². The average Bonchev–Trinajstić information content (AvgIpc) is 2.75. The van der Waals surface area contributed by atoms with Crippen molar-refractivity contribution in [2.24, 2.45) is 0 Å². The number of allylic oxidation sites excluding steroid dienone is 2. The lowest BCUT2D eigenvalue weighted by atomic mass is 10.3. The fraction of sp³-hybridized carbons (Fsp3) is 0.364. The zero-order chi connectivity index (χ0) is 9.97. The van der Waals surface area contributed by atoms with Crippen LogP contribution in [0.4, 0.5) is 0 Å². The second kappa shape index (κ2) is 3.70. The molecule has 1 aromatic rings. The maximum absolute atomic E-state index is 11.0. The Morgan fingerprint density at radius 1 is 1.50 bits per heavy atom. The van der Waals surface area contributed by atoms with Gasteiger partial charge in [-0.3, -0.25) is 4.79 Å². The molecule has 1 aromatic heterocycles. The quantitative estimate of drug-likeness (QED) is 0.732. The molecule has 0 bridgehead atoms. The normalized spacial score (nSPS) is 15.8. The minimum Gasteiger partial charge on any atom is -0.467 e. The van der Waals surface area contributed by atoms with Gasteiger partial charge in [-0.1, -0.05) is 0 Å². The molecule has 1 aliphatic rings. The van der Waals surface area contributed by atoms with Crippen molar-refractivity contribution < 1.29 is 9.21 Å². The minimum atomic E-state index is 0.228. The third-order valence-corrected chi connectivity index (χ3v) is 2.42. The van der Waals surface area contributed by atoms with Crippen LogP contribution in [0.5, 0.6) is 0 Å². The predicted octanol–water partition coefficient (Wildman–Crippen LogP) is 1.96. The molecule has 3 nitrogen and oxygen atoms in total. The number of hydrogen-bond acceptors (Lipinski definition) is 3. The SMILES string of the molecule is CN(Cc1ccco1)C1=CC(=O)CC1. The van der Waals surface area contributed by atoms with Gasteiger partial charge >= 0.3 is 0 Å². The maximum atomic E-state index is 11.0. The average molecular weight is 191 g/mol. The van der Waals surface area contributed by atoms with Gasteiger partial charge in [-0.05, 0) is 18.6 Å². The van der Waals surface area contributed by atoms with Crippen LogP contribution in [0.3, 0.4) is 0 Å². The number of furan rings is 1. The number of carbonyl (C=O) groups excluding carboxylic acids is 1. The molecule has 3 heteroatoms. The second-order valence-corrected chi connectivity index (χ2v) is 3.54. The highest BCUT2D eigenvalue weighted by atomic mass is 16.3. The van der Waals surface area contributed by atoms with E-state index in [0.717, 1.165) is 24.4 Å². The van der Waals surface area contributed by atoms with E-state index in [4.69, 9.17) is 4.42 Å². The van der Waals surface area contributed by atoms with E-state index in [1.54, 1.807) is 12.3 Å². The maximum Gasteiger partial charge on any atom is 0.157 e. The van der Waals surface area contributed by atoms with E-state index in [1.807, 2.05) is 19.2 Å². The predicted molar refractivity (Wildman–Crippen MR) is 52.5 cm³/mol. The van der Waals surface area contributed by atoms with Gasteiger partial charge in [0, 0.05) is 25.2 Å². The van der Waals surface area contributed by atoms with Gasteiger partial charge in [-0.25, -0.2) is 0 Å². The standard InChI is InChI=1S/C11H13NO2/c1-12(8-11-3-2-6-14-11)9-4-5-10(13)7-9/h2-3,6-7H,4-5,8H2,1H3. The van der Waals surface area contributed by atoms with Gasteiger partial charge in [-0.15, -0.1) is 0 Å². The van der Waals surface area contributed by atoms with Gasteiger partial charge in [0.25, 0.3) is 0 Å². The Morgan fingerprint density at radius 2 is 2.36 bits per heavy atom.